The van der Waals surface area contributed by atoms with Gasteiger partial charge in [-0.1, -0.05) is 42.5 Å². The molecule has 0 unspecified atom stereocenters. The Morgan fingerprint density at radius 1 is 0.963 bits per heavy atom. The molecular formula is C19H21N3O4S. The topological polar surface area (TPSA) is 96.5 Å². The number of carbonyl (C=O) groups excluding carboxylic acids is 3. The number of hydrogen-bond acceptors (Lipinski definition) is 5. The van der Waals surface area contributed by atoms with Crippen LogP contribution in [0.1, 0.15) is 25.3 Å². The van der Waals surface area contributed by atoms with Crippen LogP contribution in [0.3, 0.4) is 0 Å². The highest BCUT2D eigenvalue weighted by Crippen LogP contribution is 2.18. The molecule has 0 aromatic heterocycles. The van der Waals surface area contributed by atoms with Crippen molar-refractivity contribution >= 4 is 45.9 Å². The van der Waals surface area contributed by atoms with Crippen LogP contribution in [0.5, 0.6) is 0 Å². The summed E-state index contributed by atoms with van der Waals surface area (Å²) in [6.45, 7) is 1.96. The van der Waals surface area contributed by atoms with E-state index in [1.54, 1.807) is 6.92 Å². The SMILES string of the molecule is CCOC(=O)CCC(=O)NC(=S)NNC(=O)Cc1cccc2ccccc12. The fourth-order valence-corrected chi connectivity index (χ4v) is 2.62. The summed E-state index contributed by atoms with van der Waals surface area (Å²) in [5.74, 6) is -1.19. The Morgan fingerprint density at radius 2 is 1.70 bits per heavy atom. The molecule has 0 aliphatic rings. The zero-order valence-corrected chi connectivity index (χ0v) is 15.7. The van der Waals surface area contributed by atoms with Crippen LogP contribution in [0, 0.1) is 0 Å². The summed E-state index contributed by atoms with van der Waals surface area (Å²) in [5.41, 5.74) is 5.81. The van der Waals surface area contributed by atoms with Crippen molar-refractivity contribution in [2.75, 3.05) is 6.61 Å². The molecule has 0 saturated carbocycles. The maximum absolute atomic E-state index is 12.1. The first-order valence-corrected chi connectivity index (χ1v) is 8.91. The Labute approximate surface area is 162 Å². The molecule has 0 heterocycles. The zero-order chi connectivity index (χ0) is 19.6. The van der Waals surface area contributed by atoms with Crippen LogP contribution in [-0.4, -0.2) is 29.5 Å². The molecule has 0 radical (unpaired) electrons. The second-order valence-corrected chi connectivity index (χ2v) is 6.08. The highest BCUT2D eigenvalue weighted by atomic mass is 32.1. The van der Waals surface area contributed by atoms with Crippen LogP contribution >= 0.6 is 12.2 Å². The molecule has 0 saturated heterocycles. The quantitative estimate of drug-likeness (QED) is 0.397. The number of ether oxygens (including phenoxy) is 1. The van der Waals surface area contributed by atoms with Gasteiger partial charge in [0.05, 0.1) is 19.4 Å². The maximum Gasteiger partial charge on any atom is 0.306 e. The first kappa shape index (κ1) is 20.3. The van der Waals surface area contributed by atoms with Crippen molar-refractivity contribution in [1.29, 1.82) is 0 Å². The van der Waals surface area contributed by atoms with Crippen LogP contribution in [-0.2, 0) is 25.5 Å². The smallest absolute Gasteiger partial charge is 0.306 e. The van der Waals surface area contributed by atoms with E-state index in [0.717, 1.165) is 16.3 Å². The molecule has 2 rings (SSSR count). The van der Waals surface area contributed by atoms with E-state index in [1.807, 2.05) is 42.5 Å². The molecule has 27 heavy (non-hydrogen) atoms. The standard InChI is InChI=1S/C19H21N3O4S/c1-2-26-18(25)11-10-16(23)20-19(27)22-21-17(24)12-14-8-5-7-13-6-3-4-9-15(13)14/h3-9H,2,10-12H2,1H3,(H,21,24)(H2,20,22,23,27). The average Bonchev–Trinajstić information content (AvgIpc) is 2.65. The number of nitrogens with one attached hydrogen (secondary N) is 3. The van der Waals surface area contributed by atoms with Gasteiger partial charge in [0, 0.05) is 6.42 Å². The minimum absolute atomic E-state index is 0.0320. The predicted molar refractivity (Wildman–Crippen MR) is 106 cm³/mol. The van der Waals surface area contributed by atoms with Gasteiger partial charge in [0.1, 0.15) is 0 Å². The third-order valence-corrected chi connectivity index (χ3v) is 3.86. The summed E-state index contributed by atoms with van der Waals surface area (Å²) in [7, 11) is 0. The molecule has 0 aliphatic carbocycles. The Balaban J connectivity index is 1.77. The molecule has 0 fully saturated rings. The van der Waals surface area contributed by atoms with Crippen molar-refractivity contribution in [1.82, 2.24) is 16.2 Å². The average molecular weight is 387 g/mol. The minimum Gasteiger partial charge on any atom is -0.466 e. The Bertz CT molecular complexity index is 848. The van der Waals surface area contributed by atoms with E-state index in [0.29, 0.717) is 0 Å². The van der Waals surface area contributed by atoms with Crippen molar-refractivity contribution in [2.24, 2.45) is 0 Å². The molecule has 0 bridgehead atoms. The van der Waals surface area contributed by atoms with Gasteiger partial charge in [0.15, 0.2) is 5.11 Å². The fourth-order valence-electron chi connectivity index (χ4n) is 2.46. The van der Waals surface area contributed by atoms with E-state index < -0.39 is 11.9 Å². The zero-order valence-electron chi connectivity index (χ0n) is 14.9. The molecule has 3 N–H and O–H groups in total. The van der Waals surface area contributed by atoms with Crippen molar-refractivity contribution in [3.63, 3.8) is 0 Å². The van der Waals surface area contributed by atoms with E-state index in [2.05, 4.69) is 16.2 Å². The van der Waals surface area contributed by atoms with Crippen LogP contribution in [0.15, 0.2) is 42.5 Å². The highest BCUT2D eigenvalue weighted by Gasteiger charge is 2.10. The van der Waals surface area contributed by atoms with Crippen molar-refractivity contribution < 1.29 is 19.1 Å². The van der Waals surface area contributed by atoms with E-state index in [9.17, 15) is 14.4 Å². The number of thiocarbonyl (C=S) groups is 1. The number of hydrazine groups is 1. The molecule has 2 amide bonds. The van der Waals surface area contributed by atoms with Crippen molar-refractivity contribution in [2.45, 2.75) is 26.2 Å². The Kier molecular flexibility index (Phi) is 7.69. The molecule has 142 valence electrons. The lowest BCUT2D eigenvalue weighted by atomic mass is 10.0. The van der Waals surface area contributed by atoms with Crippen LogP contribution in [0.25, 0.3) is 10.8 Å². The number of benzene rings is 2. The van der Waals surface area contributed by atoms with Gasteiger partial charge in [-0.15, -0.1) is 0 Å². The predicted octanol–water partition coefficient (Wildman–Crippen LogP) is 1.75. The summed E-state index contributed by atoms with van der Waals surface area (Å²) in [4.78, 5) is 35.0. The van der Waals surface area contributed by atoms with Crippen molar-refractivity contribution in [3.05, 3.63) is 48.0 Å². The first-order chi connectivity index (χ1) is 13.0. The van der Waals surface area contributed by atoms with Gasteiger partial charge in [-0.25, -0.2) is 0 Å². The molecule has 2 aromatic rings. The normalized spacial score (nSPS) is 10.1. The molecule has 0 spiro atoms. The highest BCUT2D eigenvalue weighted by molar-refractivity contribution is 7.80. The first-order valence-electron chi connectivity index (χ1n) is 8.50. The summed E-state index contributed by atoms with van der Waals surface area (Å²) >= 11 is 4.95. The number of hydrogen-bond donors (Lipinski definition) is 3. The molecule has 0 atom stereocenters. The lowest BCUT2D eigenvalue weighted by Crippen LogP contribution is -2.48. The summed E-state index contributed by atoms with van der Waals surface area (Å²) in [6, 6.07) is 13.6. The van der Waals surface area contributed by atoms with E-state index in [-0.39, 0.29) is 36.9 Å². The number of rotatable bonds is 6. The molecule has 2 aromatic carbocycles. The molecule has 7 nitrogen and oxygen atoms in total. The molecule has 0 aliphatic heterocycles. The monoisotopic (exact) mass is 387 g/mol. The van der Waals surface area contributed by atoms with Gasteiger partial charge in [-0.2, -0.15) is 0 Å². The van der Waals surface area contributed by atoms with Crippen LogP contribution < -0.4 is 16.2 Å². The lowest BCUT2D eigenvalue weighted by Gasteiger charge is -2.11. The lowest BCUT2D eigenvalue weighted by molar-refractivity contribution is -0.144. The van der Waals surface area contributed by atoms with Gasteiger partial charge in [0.25, 0.3) is 0 Å². The third-order valence-electron chi connectivity index (χ3n) is 3.66. The summed E-state index contributed by atoms with van der Waals surface area (Å²) in [6.07, 6.45) is 0.0775. The van der Waals surface area contributed by atoms with Gasteiger partial charge in [-0.05, 0) is 35.5 Å². The summed E-state index contributed by atoms with van der Waals surface area (Å²) in [5, 5.41) is 4.40. The number of esters is 1. The number of carbonyl (C=O) groups is 3. The van der Waals surface area contributed by atoms with Gasteiger partial charge in [-0.3, -0.25) is 25.2 Å². The second-order valence-electron chi connectivity index (χ2n) is 5.67. The second kappa shape index (κ2) is 10.2. The van der Waals surface area contributed by atoms with E-state index >= 15 is 0 Å². The minimum atomic E-state index is -0.449. The number of fused-ring (bicyclic) bond motifs is 1. The molecule has 8 heteroatoms. The van der Waals surface area contributed by atoms with Gasteiger partial charge >= 0.3 is 5.97 Å². The van der Waals surface area contributed by atoms with E-state index in [4.69, 9.17) is 17.0 Å². The maximum atomic E-state index is 12.1. The third kappa shape index (κ3) is 6.67. The van der Waals surface area contributed by atoms with Crippen molar-refractivity contribution in [3.8, 4) is 0 Å². The van der Waals surface area contributed by atoms with Gasteiger partial charge < -0.3 is 10.1 Å². The summed E-state index contributed by atoms with van der Waals surface area (Å²) < 4.78 is 4.74. The Morgan fingerprint density at radius 3 is 2.48 bits per heavy atom. The largest absolute Gasteiger partial charge is 0.466 e. The van der Waals surface area contributed by atoms with Crippen LogP contribution in [0.4, 0.5) is 0 Å². The Hall–Kier alpha value is -3.00. The number of amides is 2. The van der Waals surface area contributed by atoms with Crippen LogP contribution in [0.2, 0.25) is 0 Å². The fraction of sp³-hybridized carbons (Fsp3) is 0.263. The molecular weight excluding hydrogens is 366 g/mol. The van der Waals surface area contributed by atoms with Gasteiger partial charge in [0.2, 0.25) is 11.8 Å². The van der Waals surface area contributed by atoms with E-state index in [1.165, 1.54) is 0 Å².